The minimum absolute atomic E-state index is 0.0309. The fourth-order valence-electron chi connectivity index (χ4n) is 3.38. The summed E-state index contributed by atoms with van der Waals surface area (Å²) >= 11 is 5.89. The van der Waals surface area contributed by atoms with Crippen molar-refractivity contribution in [2.45, 2.75) is 12.1 Å². The van der Waals surface area contributed by atoms with E-state index in [0.29, 0.717) is 11.3 Å². The van der Waals surface area contributed by atoms with Gasteiger partial charge in [0.05, 0.1) is 19.2 Å². The number of hydrogen-bond acceptors (Lipinski definition) is 4. The van der Waals surface area contributed by atoms with Crippen molar-refractivity contribution in [3.63, 3.8) is 0 Å². The number of methoxy groups -OCH3 is 1. The zero-order valence-electron chi connectivity index (χ0n) is 15.7. The van der Waals surface area contributed by atoms with Gasteiger partial charge in [-0.25, -0.2) is 9.18 Å². The van der Waals surface area contributed by atoms with Crippen LogP contribution in [0, 0.1) is 17.7 Å². The maximum atomic E-state index is 14.0. The lowest BCUT2D eigenvalue weighted by atomic mass is 9.99. The molecule has 2 heterocycles. The van der Waals surface area contributed by atoms with E-state index in [0.717, 1.165) is 11.6 Å². The number of hydrogen-bond donors (Lipinski definition) is 2. The van der Waals surface area contributed by atoms with Gasteiger partial charge in [-0.05, 0) is 35.9 Å². The van der Waals surface area contributed by atoms with Crippen LogP contribution in [0.1, 0.15) is 21.5 Å². The van der Waals surface area contributed by atoms with Crippen LogP contribution >= 0.6 is 11.6 Å². The highest BCUT2D eigenvalue weighted by Crippen LogP contribution is 2.28. The summed E-state index contributed by atoms with van der Waals surface area (Å²) in [6.07, 6.45) is 0. The van der Waals surface area contributed by atoms with Crippen molar-refractivity contribution in [1.29, 1.82) is 0 Å². The third kappa shape index (κ3) is 3.44. The van der Waals surface area contributed by atoms with Gasteiger partial charge < -0.3 is 15.0 Å². The molecule has 0 aliphatic carbocycles. The van der Waals surface area contributed by atoms with Gasteiger partial charge in [-0.1, -0.05) is 29.5 Å². The number of halogens is 2. The molecule has 2 aliphatic heterocycles. The topological polar surface area (TPSA) is 87.7 Å². The lowest BCUT2D eigenvalue weighted by Crippen LogP contribution is -2.54. The molecule has 0 radical (unpaired) electrons. The molecule has 1 saturated heterocycles. The number of imide groups is 1. The molecule has 2 aromatic rings. The van der Waals surface area contributed by atoms with E-state index >= 15 is 0 Å². The van der Waals surface area contributed by atoms with Crippen molar-refractivity contribution in [1.82, 2.24) is 15.5 Å². The second-order valence-corrected chi connectivity index (χ2v) is 7.31. The highest BCUT2D eigenvalue weighted by molar-refractivity contribution is 6.30. The van der Waals surface area contributed by atoms with Crippen LogP contribution in [-0.4, -0.2) is 41.9 Å². The Balaban J connectivity index is 1.67. The number of ether oxygens (including phenoxy) is 1. The van der Waals surface area contributed by atoms with E-state index in [-0.39, 0.29) is 29.6 Å². The Kier molecular flexibility index (Phi) is 4.84. The van der Waals surface area contributed by atoms with Crippen molar-refractivity contribution < 1.29 is 23.5 Å². The molecular formula is C21H15ClFN3O4. The molecule has 9 heteroatoms. The van der Waals surface area contributed by atoms with Gasteiger partial charge in [0.1, 0.15) is 11.6 Å². The van der Waals surface area contributed by atoms with Gasteiger partial charge in [0.2, 0.25) is 5.54 Å². The normalized spacial score (nSPS) is 19.7. The van der Waals surface area contributed by atoms with Crippen LogP contribution in [-0.2, 0) is 11.3 Å². The fourth-order valence-corrected chi connectivity index (χ4v) is 3.55. The number of nitrogens with zero attached hydrogens (tertiary/aromatic N) is 1. The quantitative estimate of drug-likeness (QED) is 0.580. The van der Waals surface area contributed by atoms with Crippen molar-refractivity contribution in [3.05, 3.63) is 63.9 Å². The molecule has 1 atom stereocenters. The van der Waals surface area contributed by atoms with Crippen LogP contribution in [0.15, 0.2) is 36.4 Å². The first-order chi connectivity index (χ1) is 14.3. The molecule has 0 unspecified atom stereocenters. The molecule has 4 rings (SSSR count). The van der Waals surface area contributed by atoms with Gasteiger partial charge in [-0.2, -0.15) is 0 Å². The summed E-state index contributed by atoms with van der Waals surface area (Å²) in [6, 6.07) is 8.21. The van der Waals surface area contributed by atoms with Crippen molar-refractivity contribution >= 4 is 29.4 Å². The molecule has 0 saturated carbocycles. The molecule has 2 N–H and O–H groups in total. The zero-order chi connectivity index (χ0) is 21.5. The molecule has 2 aromatic carbocycles. The third-order valence-electron chi connectivity index (χ3n) is 4.90. The van der Waals surface area contributed by atoms with E-state index in [9.17, 15) is 18.8 Å². The first-order valence-corrected chi connectivity index (χ1v) is 9.27. The molecule has 0 spiro atoms. The molecule has 2 aliphatic rings. The van der Waals surface area contributed by atoms with Crippen molar-refractivity contribution in [2.75, 3.05) is 13.7 Å². The third-order valence-corrected chi connectivity index (χ3v) is 5.14. The summed E-state index contributed by atoms with van der Waals surface area (Å²) < 4.78 is 19.2. The van der Waals surface area contributed by atoms with Gasteiger partial charge in [-0.15, -0.1) is 0 Å². The van der Waals surface area contributed by atoms with Crippen LogP contribution in [0.25, 0.3) is 0 Å². The minimum Gasteiger partial charge on any atom is -0.497 e. The van der Waals surface area contributed by atoms with E-state index < -0.39 is 23.3 Å². The predicted molar refractivity (Wildman–Crippen MR) is 105 cm³/mol. The summed E-state index contributed by atoms with van der Waals surface area (Å²) in [7, 11) is 1.50. The average molecular weight is 428 g/mol. The Hall–Kier alpha value is -3.57. The number of amides is 4. The van der Waals surface area contributed by atoms with Crippen LogP contribution in [0.5, 0.6) is 5.75 Å². The van der Waals surface area contributed by atoms with Gasteiger partial charge in [-0.3, -0.25) is 14.9 Å². The second kappa shape index (κ2) is 7.35. The molecule has 7 nitrogen and oxygen atoms in total. The monoisotopic (exact) mass is 427 g/mol. The van der Waals surface area contributed by atoms with Crippen LogP contribution < -0.4 is 15.4 Å². The van der Waals surface area contributed by atoms with Gasteiger partial charge >= 0.3 is 6.03 Å². The maximum absolute atomic E-state index is 14.0. The highest BCUT2D eigenvalue weighted by Gasteiger charge is 2.48. The van der Waals surface area contributed by atoms with Gasteiger partial charge in [0.15, 0.2) is 0 Å². The van der Waals surface area contributed by atoms with E-state index in [1.54, 1.807) is 18.2 Å². The maximum Gasteiger partial charge on any atom is 0.323 e. The molecule has 0 bridgehead atoms. The Morgan fingerprint density at radius 2 is 2.03 bits per heavy atom. The summed E-state index contributed by atoms with van der Waals surface area (Å²) in [5, 5.41) is 4.87. The Bertz CT molecular complexity index is 1160. The van der Waals surface area contributed by atoms with Crippen molar-refractivity contribution in [2.24, 2.45) is 0 Å². The van der Waals surface area contributed by atoms with Gasteiger partial charge in [0.25, 0.3) is 11.8 Å². The molecule has 30 heavy (non-hydrogen) atoms. The van der Waals surface area contributed by atoms with E-state index in [2.05, 4.69) is 22.5 Å². The molecular weight excluding hydrogens is 413 g/mol. The lowest BCUT2D eigenvalue weighted by Gasteiger charge is -2.26. The van der Waals surface area contributed by atoms with E-state index in [1.807, 2.05) is 0 Å². The standard InChI is InChI=1S/C21H15ClFN3O4/c1-30-15-4-2-13-10-26(18(27)16(13)9-15)11-21(19(28)24-20(29)25-21)7-6-12-8-14(22)3-5-17(12)23/h2-5,8-9H,10-11H2,1H3,(H2,24,25,28,29)/t21-/m1/s1. The zero-order valence-corrected chi connectivity index (χ0v) is 16.5. The first-order valence-electron chi connectivity index (χ1n) is 8.89. The summed E-state index contributed by atoms with van der Waals surface area (Å²) in [5.41, 5.74) is -0.553. The second-order valence-electron chi connectivity index (χ2n) is 6.87. The molecule has 152 valence electrons. The average Bonchev–Trinajstić information content (AvgIpc) is 3.18. The number of carbonyl (C=O) groups is 3. The van der Waals surface area contributed by atoms with Crippen LogP contribution in [0.4, 0.5) is 9.18 Å². The number of rotatable bonds is 3. The fraction of sp³-hybridized carbons (Fsp3) is 0.190. The van der Waals surface area contributed by atoms with Crippen LogP contribution in [0.3, 0.4) is 0 Å². The van der Waals surface area contributed by atoms with Crippen molar-refractivity contribution in [3.8, 4) is 17.6 Å². The number of nitrogens with one attached hydrogen (secondary N) is 2. The lowest BCUT2D eigenvalue weighted by molar-refractivity contribution is -0.122. The summed E-state index contributed by atoms with van der Waals surface area (Å²) in [6.45, 7) is 0.0197. The number of benzene rings is 2. The van der Waals surface area contributed by atoms with Gasteiger partial charge in [0, 0.05) is 17.1 Å². The molecule has 1 fully saturated rings. The summed E-state index contributed by atoms with van der Waals surface area (Å²) in [5.74, 6) is 4.08. The van der Waals surface area contributed by atoms with E-state index in [1.165, 1.54) is 24.1 Å². The van der Waals surface area contributed by atoms with Crippen LogP contribution in [0.2, 0.25) is 5.02 Å². The number of carbonyl (C=O) groups excluding carboxylic acids is 3. The first kappa shape index (κ1) is 19.7. The SMILES string of the molecule is COc1ccc2c(c1)C(=O)N(C[C@@]1(C#Cc3cc(Cl)ccc3F)NC(=O)NC1=O)C2. The highest BCUT2D eigenvalue weighted by atomic mass is 35.5. The number of fused-ring (bicyclic) bond motifs is 1. The Morgan fingerprint density at radius 3 is 2.73 bits per heavy atom. The smallest absolute Gasteiger partial charge is 0.323 e. The molecule has 4 amide bonds. The minimum atomic E-state index is -1.73. The number of urea groups is 1. The Morgan fingerprint density at radius 1 is 1.23 bits per heavy atom. The molecule has 0 aromatic heterocycles. The predicted octanol–water partition coefficient (Wildman–Crippen LogP) is 2.07. The largest absolute Gasteiger partial charge is 0.497 e. The summed E-state index contributed by atoms with van der Waals surface area (Å²) in [4.78, 5) is 38.7. The Labute approximate surface area is 176 Å². The van der Waals surface area contributed by atoms with E-state index in [4.69, 9.17) is 16.3 Å².